The predicted molar refractivity (Wildman–Crippen MR) is 82.3 cm³/mol. The van der Waals surface area contributed by atoms with E-state index < -0.39 is 6.10 Å². The lowest BCUT2D eigenvalue weighted by Gasteiger charge is -2.16. The summed E-state index contributed by atoms with van der Waals surface area (Å²) in [5, 5.41) is 10.4. The first-order valence-corrected chi connectivity index (χ1v) is 7.02. The normalized spacial score (nSPS) is 12.2. The summed E-state index contributed by atoms with van der Waals surface area (Å²) < 4.78 is 5.88. The maximum Gasteiger partial charge on any atom is 0.125 e. The molecule has 2 rings (SSSR count). The van der Waals surface area contributed by atoms with Crippen LogP contribution in [0.15, 0.2) is 36.4 Å². The van der Waals surface area contributed by atoms with E-state index in [4.69, 9.17) is 16.3 Å². The van der Waals surface area contributed by atoms with Crippen LogP contribution in [0.3, 0.4) is 0 Å². The maximum atomic E-state index is 9.80. The van der Waals surface area contributed by atoms with E-state index in [1.807, 2.05) is 6.07 Å². The van der Waals surface area contributed by atoms with Crippen molar-refractivity contribution in [1.29, 1.82) is 0 Å². The second-order valence-corrected chi connectivity index (χ2v) is 5.45. The van der Waals surface area contributed by atoms with Crippen LogP contribution in [0.4, 0.5) is 0 Å². The SMILES string of the molecule is Cc1cccc(C)c1COc1ccc(Cl)cc1C(C)O. The number of benzene rings is 2. The number of aliphatic hydroxyl groups excluding tert-OH is 1. The summed E-state index contributed by atoms with van der Waals surface area (Å²) in [6, 6.07) is 11.5. The number of rotatable bonds is 4. The van der Waals surface area contributed by atoms with Crippen LogP contribution < -0.4 is 4.74 Å². The van der Waals surface area contributed by atoms with Crippen molar-refractivity contribution in [2.45, 2.75) is 33.5 Å². The minimum Gasteiger partial charge on any atom is -0.489 e. The Kier molecular flexibility index (Phi) is 4.69. The fraction of sp³-hybridized carbons (Fsp3) is 0.294. The maximum absolute atomic E-state index is 9.80. The molecule has 0 saturated heterocycles. The molecule has 1 atom stereocenters. The van der Waals surface area contributed by atoms with Crippen molar-refractivity contribution in [2.24, 2.45) is 0 Å². The van der Waals surface area contributed by atoms with Crippen LogP contribution in [0.1, 0.15) is 35.3 Å². The van der Waals surface area contributed by atoms with Gasteiger partial charge in [0, 0.05) is 10.6 Å². The Morgan fingerprint density at radius 1 is 1.15 bits per heavy atom. The lowest BCUT2D eigenvalue weighted by Crippen LogP contribution is -2.03. The van der Waals surface area contributed by atoms with E-state index in [1.165, 1.54) is 16.7 Å². The lowest BCUT2D eigenvalue weighted by atomic mass is 10.0. The zero-order chi connectivity index (χ0) is 14.7. The molecule has 106 valence electrons. The monoisotopic (exact) mass is 290 g/mol. The molecule has 2 aromatic carbocycles. The van der Waals surface area contributed by atoms with Crippen molar-refractivity contribution in [3.8, 4) is 5.75 Å². The molecule has 2 aromatic rings. The molecule has 20 heavy (non-hydrogen) atoms. The van der Waals surface area contributed by atoms with Crippen LogP contribution in [0.2, 0.25) is 5.02 Å². The highest BCUT2D eigenvalue weighted by molar-refractivity contribution is 6.30. The van der Waals surface area contributed by atoms with Crippen LogP contribution in [0.25, 0.3) is 0 Å². The number of aliphatic hydroxyl groups is 1. The van der Waals surface area contributed by atoms with Gasteiger partial charge in [0.2, 0.25) is 0 Å². The Bertz CT molecular complexity index is 586. The summed E-state index contributed by atoms with van der Waals surface area (Å²) >= 11 is 5.96. The molecule has 0 saturated carbocycles. The van der Waals surface area contributed by atoms with Crippen molar-refractivity contribution in [3.63, 3.8) is 0 Å². The Balaban J connectivity index is 2.23. The summed E-state index contributed by atoms with van der Waals surface area (Å²) in [4.78, 5) is 0. The first kappa shape index (κ1) is 14.9. The molecular formula is C17H19ClO2. The van der Waals surface area contributed by atoms with Crippen molar-refractivity contribution in [1.82, 2.24) is 0 Å². The molecular weight excluding hydrogens is 272 g/mol. The molecule has 0 spiro atoms. The van der Waals surface area contributed by atoms with Gasteiger partial charge in [-0.05, 0) is 55.7 Å². The molecule has 0 aliphatic heterocycles. The number of ether oxygens (including phenoxy) is 1. The van der Waals surface area contributed by atoms with Gasteiger partial charge >= 0.3 is 0 Å². The number of hydrogen-bond acceptors (Lipinski definition) is 2. The van der Waals surface area contributed by atoms with E-state index in [0.29, 0.717) is 22.9 Å². The van der Waals surface area contributed by atoms with E-state index in [0.717, 1.165) is 0 Å². The van der Waals surface area contributed by atoms with Crippen LogP contribution >= 0.6 is 11.6 Å². The lowest BCUT2D eigenvalue weighted by molar-refractivity contribution is 0.190. The molecule has 0 aromatic heterocycles. The summed E-state index contributed by atoms with van der Waals surface area (Å²) in [6.45, 7) is 6.34. The molecule has 0 aliphatic carbocycles. The molecule has 0 heterocycles. The quantitative estimate of drug-likeness (QED) is 0.892. The van der Waals surface area contributed by atoms with Gasteiger partial charge in [-0.15, -0.1) is 0 Å². The minimum absolute atomic E-state index is 0.486. The topological polar surface area (TPSA) is 29.5 Å². The van der Waals surface area contributed by atoms with E-state index in [9.17, 15) is 5.11 Å². The highest BCUT2D eigenvalue weighted by Crippen LogP contribution is 2.29. The first-order chi connectivity index (χ1) is 9.49. The second kappa shape index (κ2) is 6.29. The molecule has 0 amide bonds. The first-order valence-electron chi connectivity index (χ1n) is 6.64. The van der Waals surface area contributed by atoms with Gasteiger partial charge in [-0.25, -0.2) is 0 Å². The van der Waals surface area contributed by atoms with E-state index in [2.05, 4.69) is 26.0 Å². The van der Waals surface area contributed by atoms with Crippen molar-refractivity contribution < 1.29 is 9.84 Å². The fourth-order valence-corrected chi connectivity index (χ4v) is 2.38. The zero-order valence-corrected chi connectivity index (χ0v) is 12.7. The minimum atomic E-state index is -0.610. The van der Waals surface area contributed by atoms with Crippen LogP contribution in [-0.2, 0) is 6.61 Å². The summed E-state index contributed by atoms with van der Waals surface area (Å²) in [5.74, 6) is 0.673. The Labute approximate surface area is 125 Å². The third-order valence-electron chi connectivity index (χ3n) is 3.44. The van der Waals surface area contributed by atoms with Gasteiger partial charge in [-0.1, -0.05) is 29.8 Å². The average molecular weight is 291 g/mol. The highest BCUT2D eigenvalue weighted by atomic mass is 35.5. The fourth-order valence-electron chi connectivity index (χ4n) is 2.20. The molecule has 0 radical (unpaired) electrons. The van der Waals surface area contributed by atoms with Gasteiger partial charge in [-0.2, -0.15) is 0 Å². The van der Waals surface area contributed by atoms with Gasteiger partial charge in [0.15, 0.2) is 0 Å². The van der Waals surface area contributed by atoms with Gasteiger partial charge < -0.3 is 9.84 Å². The molecule has 3 heteroatoms. The van der Waals surface area contributed by atoms with Crippen molar-refractivity contribution in [2.75, 3.05) is 0 Å². The molecule has 1 unspecified atom stereocenters. The molecule has 1 N–H and O–H groups in total. The van der Waals surface area contributed by atoms with Crippen LogP contribution in [-0.4, -0.2) is 5.11 Å². The van der Waals surface area contributed by atoms with Gasteiger partial charge in [0.25, 0.3) is 0 Å². The third-order valence-corrected chi connectivity index (χ3v) is 3.67. The number of aryl methyl sites for hydroxylation is 2. The highest BCUT2D eigenvalue weighted by Gasteiger charge is 2.11. The van der Waals surface area contributed by atoms with Gasteiger partial charge in [0.1, 0.15) is 12.4 Å². The molecule has 0 fully saturated rings. The zero-order valence-electron chi connectivity index (χ0n) is 12.0. The summed E-state index contributed by atoms with van der Waals surface area (Å²) in [5.41, 5.74) is 4.30. The van der Waals surface area contributed by atoms with E-state index in [1.54, 1.807) is 25.1 Å². The Morgan fingerprint density at radius 3 is 2.40 bits per heavy atom. The molecule has 0 bridgehead atoms. The second-order valence-electron chi connectivity index (χ2n) is 5.02. The van der Waals surface area contributed by atoms with E-state index >= 15 is 0 Å². The van der Waals surface area contributed by atoms with Crippen molar-refractivity contribution in [3.05, 3.63) is 63.7 Å². The summed E-state index contributed by atoms with van der Waals surface area (Å²) in [6.07, 6.45) is -0.610. The number of halogens is 1. The smallest absolute Gasteiger partial charge is 0.125 e. The summed E-state index contributed by atoms with van der Waals surface area (Å²) in [7, 11) is 0. The van der Waals surface area contributed by atoms with Crippen LogP contribution in [0, 0.1) is 13.8 Å². The van der Waals surface area contributed by atoms with Crippen LogP contribution in [0.5, 0.6) is 5.75 Å². The van der Waals surface area contributed by atoms with Gasteiger partial charge in [-0.3, -0.25) is 0 Å². The standard InChI is InChI=1S/C17H19ClO2/c1-11-5-4-6-12(2)16(11)10-20-17-8-7-14(18)9-15(17)13(3)19/h4-9,13,19H,10H2,1-3H3. The van der Waals surface area contributed by atoms with E-state index in [-0.39, 0.29) is 0 Å². The molecule has 0 aliphatic rings. The Morgan fingerprint density at radius 2 is 1.80 bits per heavy atom. The predicted octanol–water partition coefficient (Wildman–Crippen LogP) is 4.59. The van der Waals surface area contributed by atoms with Gasteiger partial charge in [0.05, 0.1) is 6.10 Å². The average Bonchev–Trinajstić information content (AvgIpc) is 2.39. The third kappa shape index (κ3) is 3.33. The Hall–Kier alpha value is -1.51. The van der Waals surface area contributed by atoms with Crippen molar-refractivity contribution >= 4 is 11.6 Å². The number of hydrogen-bond donors (Lipinski definition) is 1. The molecule has 2 nitrogen and oxygen atoms in total. The largest absolute Gasteiger partial charge is 0.489 e.